The maximum absolute atomic E-state index is 12.4. The highest BCUT2D eigenvalue weighted by Gasteiger charge is 2.18. The third kappa shape index (κ3) is 5.56. The molecule has 0 fully saturated rings. The summed E-state index contributed by atoms with van der Waals surface area (Å²) in [5, 5.41) is 3.19. The van der Waals surface area contributed by atoms with Crippen molar-refractivity contribution in [3.8, 4) is 0 Å². The molecule has 0 aromatic heterocycles. The third-order valence-corrected chi connectivity index (χ3v) is 4.06. The van der Waals surface area contributed by atoms with Crippen LogP contribution in [-0.2, 0) is 14.3 Å². The van der Waals surface area contributed by atoms with Crippen molar-refractivity contribution in [1.82, 2.24) is 0 Å². The second-order valence-electron chi connectivity index (χ2n) is 5.88. The van der Waals surface area contributed by atoms with E-state index in [1.807, 2.05) is 6.92 Å². The number of hydrogen-bond acceptors (Lipinski definition) is 4. The zero-order valence-corrected chi connectivity index (χ0v) is 16.2. The summed E-state index contributed by atoms with van der Waals surface area (Å²) in [5.41, 5.74) is 2.33. The molecule has 0 bridgehead atoms. The molecule has 0 heterocycles. The minimum absolute atomic E-state index is 0.157. The van der Waals surface area contributed by atoms with Gasteiger partial charge in [-0.25, -0.2) is 4.79 Å². The molecule has 2 rings (SSSR count). The summed E-state index contributed by atoms with van der Waals surface area (Å²) >= 11 is 6.02. The van der Waals surface area contributed by atoms with Gasteiger partial charge in [-0.3, -0.25) is 9.59 Å². The summed E-state index contributed by atoms with van der Waals surface area (Å²) in [6.45, 7) is 5.10. The number of hydrogen-bond donors (Lipinski definition) is 1. The van der Waals surface area contributed by atoms with Gasteiger partial charge < -0.3 is 15.0 Å². The van der Waals surface area contributed by atoms with Gasteiger partial charge in [0.2, 0.25) is 11.8 Å². The third-order valence-electron chi connectivity index (χ3n) is 3.82. The fraction of sp³-hybridized carbons (Fsp3) is 0.250. The number of carbonyl (C=O) groups excluding carboxylic acids is 3. The normalized spacial score (nSPS) is 10.2. The lowest BCUT2D eigenvalue weighted by molar-refractivity contribution is -0.120. The first kappa shape index (κ1) is 20.5. The highest BCUT2D eigenvalue weighted by Crippen LogP contribution is 2.24. The van der Waals surface area contributed by atoms with Crippen molar-refractivity contribution in [3.05, 3.63) is 58.6 Å². The summed E-state index contributed by atoms with van der Waals surface area (Å²) in [5.74, 6) is -1.06. The highest BCUT2D eigenvalue weighted by atomic mass is 35.5. The van der Waals surface area contributed by atoms with E-state index in [2.05, 4.69) is 5.32 Å². The van der Waals surface area contributed by atoms with E-state index in [4.69, 9.17) is 16.3 Å². The zero-order valence-electron chi connectivity index (χ0n) is 15.4. The van der Waals surface area contributed by atoms with E-state index in [1.165, 1.54) is 11.8 Å². The molecule has 1 N–H and O–H groups in total. The fourth-order valence-electron chi connectivity index (χ4n) is 2.49. The molecule has 6 nitrogen and oxygen atoms in total. The number of amides is 2. The van der Waals surface area contributed by atoms with Gasteiger partial charge in [0.1, 0.15) is 6.54 Å². The summed E-state index contributed by atoms with van der Waals surface area (Å²) in [4.78, 5) is 37.4. The van der Waals surface area contributed by atoms with E-state index in [9.17, 15) is 14.4 Å². The van der Waals surface area contributed by atoms with E-state index < -0.39 is 5.97 Å². The molecular weight excluding hydrogens is 368 g/mol. The van der Waals surface area contributed by atoms with Crippen molar-refractivity contribution in [2.24, 2.45) is 0 Å². The zero-order chi connectivity index (χ0) is 20.0. The Morgan fingerprint density at radius 2 is 1.78 bits per heavy atom. The monoisotopic (exact) mass is 388 g/mol. The average Bonchev–Trinajstić information content (AvgIpc) is 2.62. The maximum Gasteiger partial charge on any atom is 0.338 e. The lowest BCUT2D eigenvalue weighted by atomic mass is 10.1. The van der Waals surface area contributed by atoms with Gasteiger partial charge in [0, 0.05) is 23.3 Å². The predicted octanol–water partition coefficient (Wildman–Crippen LogP) is 3.82. The first-order valence-electron chi connectivity index (χ1n) is 8.43. The summed E-state index contributed by atoms with van der Waals surface area (Å²) < 4.78 is 4.92. The molecule has 0 spiro atoms. The Labute approximate surface area is 163 Å². The van der Waals surface area contributed by atoms with Crippen LogP contribution in [0.4, 0.5) is 11.4 Å². The van der Waals surface area contributed by atoms with E-state index in [0.29, 0.717) is 28.6 Å². The lowest BCUT2D eigenvalue weighted by Gasteiger charge is -2.23. The Balaban J connectivity index is 2.09. The minimum atomic E-state index is -0.422. The first-order chi connectivity index (χ1) is 12.8. The molecule has 142 valence electrons. The van der Waals surface area contributed by atoms with Crippen LogP contribution in [-0.4, -0.2) is 30.9 Å². The van der Waals surface area contributed by atoms with Gasteiger partial charge in [0.05, 0.1) is 12.2 Å². The van der Waals surface area contributed by atoms with Gasteiger partial charge in [-0.2, -0.15) is 0 Å². The summed E-state index contributed by atoms with van der Waals surface area (Å²) in [6.07, 6.45) is 0. The number of nitrogens with one attached hydrogen (secondary N) is 1. The molecular formula is C20H21ClN2O4. The summed E-state index contributed by atoms with van der Waals surface area (Å²) in [7, 11) is 0. The van der Waals surface area contributed by atoms with Crippen LogP contribution in [0.2, 0.25) is 5.02 Å². The van der Waals surface area contributed by atoms with Crippen LogP contribution in [0.25, 0.3) is 0 Å². The van der Waals surface area contributed by atoms with Crippen molar-refractivity contribution in [3.63, 3.8) is 0 Å². The van der Waals surface area contributed by atoms with Crippen molar-refractivity contribution < 1.29 is 19.1 Å². The van der Waals surface area contributed by atoms with E-state index in [-0.39, 0.29) is 18.4 Å². The Morgan fingerprint density at radius 3 is 2.37 bits per heavy atom. The van der Waals surface area contributed by atoms with Crippen molar-refractivity contribution in [2.75, 3.05) is 23.4 Å². The van der Waals surface area contributed by atoms with E-state index in [0.717, 1.165) is 5.56 Å². The van der Waals surface area contributed by atoms with Gasteiger partial charge in [0.15, 0.2) is 0 Å². The van der Waals surface area contributed by atoms with Crippen molar-refractivity contribution in [2.45, 2.75) is 20.8 Å². The molecule has 27 heavy (non-hydrogen) atoms. The number of anilines is 2. The van der Waals surface area contributed by atoms with Gasteiger partial charge in [-0.05, 0) is 55.8 Å². The average molecular weight is 389 g/mol. The van der Waals surface area contributed by atoms with Gasteiger partial charge in [-0.1, -0.05) is 17.7 Å². The number of rotatable bonds is 6. The second-order valence-corrected chi connectivity index (χ2v) is 6.32. The van der Waals surface area contributed by atoms with Gasteiger partial charge >= 0.3 is 5.97 Å². The molecule has 0 atom stereocenters. The van der Waals surface area contributed by atoms with Crippen LogP contribution in [0, 0.1) is 6.92 Å². The Morgan fingerprint density at radius 1 is 1.11 bits per heavy atom. The number of benzene rings is 2. The smallest absolute Gasteiger partial charge is 0.338 e. The molecule has 0 saturated heterocycles. The molecule has 0 aliphatic heterocycles. The van der Waals surface area contributed by atoms with Gasteiger partial charge in [0.25, 0.3) is 0 Å². The molecule has 2 aromatic rings. The van der Waals surface area contributed by atoms with Gasteiger partial charge in [-0.15, -0.1) is 0 Å². The minimum Gasteiger partial charge on any atom is -0.462 e. The number of carbonyl (C=O) groups is 3. The number of esters is 1. The first-order valence-corrected chi connectivity index (χ1v) is 8.81. The molecule has 0 unspecified atom stereocenters. The molecule has 0 aliphatic carbocycles. The van der Waals surface area contributed by atoms with Crippen molar-refractivity contribution >= 4 is 40.8 Å². The number of halogens is 1. The quantitative estimate of drug-likeness (QED) is 0.763. The molecule has 0 radical (unpaired) electrons. The van der Waals surface area contributed by atoms with Crippen LogP contribution in [0.3, 0.4) is 0 Å². The largest absolute Gasteiger partial charge is 0.462 e. The molecule has 2 aromatic carbocycles. The van der Waals surface area contributed by atoms with Crippen LogP contribution >= 0.6 is 11.6 Å². The Bertz CT molecular complexity index is 850. The van der Waals surface area contributed by atoms with E-state index >= 15 is 0 Å². The number of nitrogens with zero attached hydrogens (tertiary/aromatic N) is 1. The molecule has 7 heteroatoms. The Kier molecular flexibility index (Phi) is 6.96. The SMILES string of the molecule is CCOC(=O)c1ccc(NC(=O)CN(C(C)=O)c2cc(Cl)ccc2C)cc1. The predicted molar refractivity (Wildman–Crippen MR) is 105 cm³/mol. The van der Waals surface area contributed by atoms with Crippen LogP contribution < -0.4 is 10.2 Å². The number of aryl methyl sites for hydroxylation is 1. The van der Waals surface area contributed by atoms with Crippen molar-refractivity contribution in [1.29, 1.82) is 0 Å². The Hall–Kier alpha value is -2.86. The van der Waals surface area contributed by atoms with Crippen LogP contribution in [0.15, 0.2) is 42.5 Å². The lowest BCUT2D eigenvalue weighted by Crippen LogP contribution is -2.37. The fourth-order valence-corrected chi connectivity index (χ4v) is 2.65. The maximum atomic E-state index is 12.4. The standard InChI is InChI=1S/C20H21ClN2O4/c1-4-27-20(26)15-6-9-17(10-7-15)22-19(25)12-23(14(3)24)18-11-16(21)8-5-13(18)2/h5-11H,4,12H2,1-3H3,(H,22,25). The van der Waals surface area contributed by atoms with Crippen LogP contribution in [0.1, 0.15) is 29.8 Å². The highest BCUT2D eigenvalue weighted by molar-refractivity contribution is 6.31. The topological polar surface area (TPSA) is 75.7 Å². The second kappa shape index (κ2) is 9.19. The van der Waals surface area contributed by atoms with Crippen LogP contribution in [0.5, 0.6) is 0 Å². The summed E-state index contributed by atoms with van der Waals surface area (Å²) in [6, 6.07) is 11.5. The van der Waals surface area contributed by atoms with E-state index in [1.54, 1.807) is 49.4 Å². The molecule has 0 aliphatic rings. The molecule has 0 saturated carbocycles. The molecule has 2 amide bonds. The number of ether oxygens (including phenoxy) is 1.